The quantitative estimate of drug-likeness (QED) is 0.0554. The molecule has 0 N–H and O–H groups in total. The number of hydrogen-bond donors (Lipinski definition) is 0. The molecule has 0 bridgehead atoms. The standard InChI is InChI=1S/C50H46O8/c1-5-55-47(51)39-21-9-35(10-22-39)17-29-43-33-45(31-19-37-13-25-41(26-14-37)49(53)57-7-3)46(32-20-38-15-27-42(28-16-38)50(54)58-8-4)34-44(43)30-18-36-11-23-40(24-12-36)48(52)56-6-2/h9-34H,5-8H2,1-4H3/b29-17+,30-18+,31-19+,32-20+. The van der Waals surface area contributed by atoms with Crippen molar-refractivity contribution < 1.29 is 38.1 Å². The van der Waals surface area contributed by atoms with E-state index in [1.807, 2.05) is 97.1 Å². The van der Waals surface area contributed by atoms with Crippen molar-refractivity contribution in [3.63, 3.8) is 0 Å². The summed E-state index contributed by atoms with van der Waals surface area (Å²) >= 11 is 0. The maximum Gasteiger partial charge on any atom is 0.338 e. The van der Waals surface area contributed by atoms with Crippen molar-refractivity contribution in [1.29, 1.82) is 0 Å². The molecule has 0 saturated carbocycles. The summed E-state index contributed by atoms with van der Waals surface area (Å²) in [5.41, 5.74) is 9.17. The van der Waals surface area contributed by atoms with Crippen LogP contribution in [0.15, 0.2) is 109 Å². The highest BCUT2D eigenvalue weighted by Crippen LogP contribution is 2.26. The lowest BCUT2D eigenvalue weighted by molar-refractivity contribution is 0.0516. The Morgan fingerprint density at radius 2 is 0.517 bits per heavy atom. The normalized spacial score (nSPS) is 11.4. The number of carbonyl (C=O) groups excluding carboxylic acids is 4. The second-order valence-corrected chi connectivity index (χ2v) is 12.8. The Morgan fingerprint density at radius 3 is 0.690 bits per heavy atom. The molecule has 0 amide bonds. The van der Waals surface area contributed by atoms with Crippen LogP contribution in [0, 0.1) is 0 Å². The number of esters is 4. The van der Waals surface area contributed by atoms with Crippen molar-refractivity contribution in [3.05, 3.63) is 176 Å². The third-order valence-corrected chi connectivity index (χ3v) is 8.80. The number of benzene rings is 5. The van der Waals surface area contributed by atoms with E-state index < -0.39 is 0 Å². The highest BCUT2D eigenvalue weighted by Gasteiger charge is 2.10. The molecule has 0 spiro atoms. The second kappa shape index (κ2) is 21.3. The predicted octanol–water partition coefficient (Wildman–Crippen LogP) is 11.1. The Kier molecular flexibility index (Phi) is 15.5. The van der Waals surface area contributed by atoms with E-state index in [4.69, 9.17) is 18.9 Å². The van der Waals surface area contributed by atoms with Gasteiger partial charge in [-0.25, -0.2) is 19.2 Å². The molecule has 0 unspecified atom stereocenters. The Labute approximate surface area is 339 Å². The van der Waals surface area contributed by atoms with Crippen LogP contribution in [0.5, 0.6) is 0 Å². The predicted molar refractivity (Wildman–Crippen MR) is 232 cm³/mol. The molecule has 8 heteroatoms. The topological polar surface area (TPSA) is 105 Å². The summed E-state index contributed by atoms with van der Waals surface area (Å²) in [6.07, 6.45) is 16.0. The van der Waals surface area contributed by atoms with Crippen LogP contribution in [0.3, 0.4) is 0 Å². The lowest BCUT2D eigenvalue weighted by Gasteiger charge is -2.10. The fourth-order valence-electron chi connectivity index (χ4n) is 5.77. The first kappa shape index (κ1) is 42.1. The summed E-state index contributed by atoms with van der Waals surface area (Å²) in [6, 6.07) is 33.1. The Morgan fingerprint density at radius 1 is 0.328 bits per heavy atom. The first-order valence-electron chi connectivity index (χ1n) is 19.2. The fourth-order valence-corrected chi connectivity index (χ4v) is 5.77. The molecular weight excluding hydrogens is 729 g/mol. The fraction of sp³-hybridized carbons (Fsp3) is 0.160. The zero-order chi connectivity index (χ0) is 41.3. The molecule has 58 heavy (non-hydrogen) atoms. The van der Waals surface area contributed by atoms with Crippen LogP contribution in [0.25, 0.3) is 48.6 Å². The molecule has 0 radical (unpaired) electrons. The van der Waals surface area contributed by atoms with E-state index in [1.54, 1.807) is 76.2 Å². The molecule has 294 valence electrons. The van der Waals surface area contributed by atoms with E-state index in [9.17, 15) is 19.2 Å². The summed E-state index contributed by atoms with van der Waals surface area (Å²) in [4.78, 5) is 49.0. The summed E-state index contributed by atoms with van der Waals surface area (Å²) in [5, 5.41) is 0. The van der Waals surface area contributed by atoms with Crippen molar-refractivity contribution in [2.24, 2.45) is 0 Å². The van der Waals surface area contributed by atoms with Gasteiger partial charge in [-0.15, -0.1) is 0 Å². The van der Waals surface area contributed by atoms with Crippen molar-refractivity contribution in [1.82, 2.24) is 0 Å². The lowest BCUT2D eigenvalue weighted by atomic mass is 9.95. The third kappa shape index (κ3) is 12.0. The van der Waals surface area contributed by atoms with E-state index in [2.05, 4.69) is 12.1 Å². The highest BCUT2D eigenvalue weighted by atomic mass is 16.5. The number of rotatable bonds is 16. The molecule has 0 aromatic heterocycles. The second-order valence-electron chi connectivity index (χ2n) is 12.8. The number of carbonyl (C=O) groups is 4. The first-order valence-corrected chi connectivity index (χ1v) is 19.2. The van der Waals surface area contributed by atoms with Crippen LogP contribution in [0.2, 0.25) is 0 Å². The zero-order valence-corrected chi connectivity index (χ0v) is 33.1. The molecule has 0 saturated heterocycles. The summed E-state index contributed by atoms with van der Waals surface area (Å²) in [5.74, 6) is -1.48. The molecule has 0 atom stereocenters. The van der Waals surface area contributed by atoms with Gasteiger partial charge in [0.1, 0.15) is 0 Å². The maximum atomic E-state index is 12.2. The minimum Gasteiger partial charge on any atom is -0.462 e. The highest BCUT2D eigenvalue weighted by molar-refractivity contribution is 5.93. The molecule has 0 heterocycles. The molecule has 0 aliphatic heterocycles. The molecule has 8 nitrogen and oxygen atoms in total. The third-order valence-electron chi connectivity index (χ3n) is 8.80. The average molecular weight is 775 g/mol. The van der Waals surface area contributed by atoms with E-state index >= 15 is 0 Å². The molecule has 0 aliphatic carbocycles. The Balaban J connectivity index is 1.57. The van der Waals surface area contributed by atoms with Gasteiger partial charge in [-0.05, 0) is 133 Å². The monoisotopic (exact) mass is 774 g/mol. The summed E-state index contributed by atoms with van der Waals surface area (Å²) < 4.78 is 20.6. The van der Waals surface area contributed by atoms with Crippen LogP contribution in [-0.2, 0) is 18.9 Å². The van der Waals surface area contributed by atoms with Crippen LogP contribution in [0.4, 0.5) is 0 Å². The summed E-state index contributed by atoms with van der Waals surface area (Å²) in [7, 11) is 0. The van der Waals surface area contributed by atoms with E-state index in [0.29, 0.717) is 48.7 Å². The van der Waals surface area contributed by atoms with Gasteiger partial charge in [0.2, 0.25) is 0 Å². The van der Waals surface area contributed by atoms with Crippen molar-refractivity contribution in [2.75, 3.05) is 26.4 Å². The van der Waals surface area contributed by atoms with E-state index in [0.717, 1.165) is 44.5 Å². The summed E-state index contributed by atoms with van der Waals surface area (Å²) in [6.45, 7) is 8.30. The molecule has 5 rings (SSSR count). The van der Waals surface area contributed by atoms with Gasteiger partial charge in [0, 0.05) is 0 Å². The molecular formula is C50H46O8. The lowest BCUT2D eigenvalue weighted by Crippen LogP contribution is -2.04. The van der Waals surface area contributed by atoms with Gasteiger partial charge in [0.15, 0.2) is 0 Å². The molecule has 0 aliphatic rings. The SMILES string of the molecule is CCOC(=O)c1ccc(/C=C/c2cc(/C=C/c3ccc(C(=O)OCC)cc3)c(/C=C/c3ccc(C(=O)OCC)cc3)cc2/C=C/c2ccc(C(=O)OCC)cc2)cc1. The van der Waals surface area contributed by atoms with Crippen LogP contribution < -0.4 is 0 Å². The van der Waals surface area contributed by atoms with Crippen LogP contribution in [0.1, 0.15) is 114 Å². The van der Waals surface area contributed by atoms with Gasteiger partial charge < -0.3 is 18.9 Å². The van der Waals surface area contributed by atoms with Crippen molar-refractivity contribution >= 4 is 72.5 Å². The van der Waals surface area contributed by atoms with E-state index in [1.165, 1.54) is 0 Å². The van der Waals surface area contributed by atoms with Crippen molar-refractivity contribution in [3.8, 4) is 0 Å². The molecule has 5 aromatic carbocycles. The minimum atomic E-state index is -0.369. The minimum absolute atomic E-state index is 0.301. The van der Waals surface area contributed by atoms with Gasteiger partial charge in [-0.1, -0.05) is 97.1 Å². The smallest absolute Gasteiger partial charge is 0.338 e. The van der Waals surface area contributed by atoms with Gasteiger partial charge in [-0.2, -0.15) is 0 Å². The average Bonchev–Trinajstić information content (AvgIpc) is 3.24. The Bertz CT molecular complexity index is 1980. The molecule has 5 aromatic rings. The largest absolute Gasteiger partial charge is 0.462 e. The van der Waals surface area contributed by atoms with Crippen LogP contribution >= 0.6 is 0 Å². The van der Waals surface area contributed by atoms with Gasteiger partial charge >= 0.3 is 23.9 Å². The van der Waals surface area contributed by atoms with Gasteiger partial charge in [-0.3, -0.25) is 0 Å². The number of hydrogen-bond acceptors (Lipinski definition) is 8. The number of ether oxygens (including phenoxy) is 4. The van der Waals surface area contributed by atoms with Gasteiger partial charge in [0.25, 0.3) is 0 Å². The van der Waals surface area contributed by atoms with Crippen molar-refractivity contribution in [2.45, 2.75) is 27.7 Å². The maximum absolute atomic E-state index is 12.2. The Hall–Kier alpha value is -7.06. The van der Waals surface area contributed by atoms with Crippen LogP contribution in [-0.4, -0.2) is 50.3 Å². The first-order chi connectivity index (χ1) is 28.2. The zero-order valence-electron chi connectivity index (χ0n) is 33.1. The van der Waals surface area contributed by atoms with E-state index in [-0.39, 0.29) is 23.9 Å². The van der Waals surface area contributed by atoms with Gasteiger partial charge in [0.05, 0.1) is 48.7 Å². The molecule has 0 fully saturated rings.